The lowest BCUT2D eigenvalue weighted by molar-refractivity contribution is 0.265. The number of thiol groups is 1. The first-order chi connectivity index (χ1) is 6.13. The highest BCUT2D eigenvalue weighted by atomic mass is 32.1. The number of hydrogen-bond donors (Lipinski definition) is 1. The Morgan fingerprint density at radius 3 is 2.46 bits per heavy atom. The highest BCUT2D eigenvalue weighted by Crippen LogP contribution is 2.06. The van der Waals surface area contributed by atoms with Gasteiger partial charge in [-0.1, -0.05) is 39.3 Å². The van der Waals surface area contributed by atoms with Crippen LogP contribution in [0.2, 0.25) is 0 Å². The van der Waals surface area contributed by atoms with Crippen molar-refractivity contribution in [2.75, 3.05) is 25.4 Å². The predicted molar refractivity (Wildman–Crippen MR) is 64.6 cm³/mol. The van der Waals surface area contributed by atoms with E-state index in [9.17, 15) is 0 Å². The van der Waals surface area contributed by atoms with Crippen molar-refractivity contribution in [1.82, 2.24) is 4.90 Å². The molecule has 0 saturated carbocycles. The molecule has 1 nitrogen and oxygen atoms in total. The van der Waals surface area contributed by atoms with Crippen molar-refractivity contribution >= 4 is 12.6 Å². The van der Waals surface area contributed by atoms with E-state index in [0.29, 0.717) is 0 Å². The number of rotatable bonds is 7. The normalized spacial score (nSPS) is 13.3. The van der Waals surface area contributed by atoms with E-state index in [1.54, 1.807) is 0 Å². The van der Waals surface area contributed by atoms with Crippen molar-refractivity contribution in [2.45, 2.75) is 27.2 Å². The highest BCUT2D eigenvalue weighted by Gasteiger charge is 2.07. The van der Waals surface area contributed by atoms with Gasteiger partial charge in [0.2, 0.25) is 0 Å². The summed E-state index contributed by atoms with van der Waals surface area (Å²) < 4.78 is 0. The Hall–Kier alpha value is 0.0500. The van der Waals surface area contributed by atoms with Gasteiger partial charge in [-0.25, -0.2) is 0 Å². The van der Waals surface area contributed by atoms with Gasteiger partial charge >= 0.3 is 0 Å². The Bertz CT molecular complexity index is 145. The van der Waals surface area contributed by atoms with E-state index in [1.807, 2.05) is 0 Å². The Labute approximate surface area is 88.6 Å². The molecule has 1 atom stereocenters. The van der Waals surface area contributed by atoms with Gasteiger partial charge in [-0.15, -0.1) is 0 Å². The molecule has 0 heterocycles. The molecule has 0 spiro atoms. The first-order valence-electron chi connectivity index (χ1n) is 5.13. The lowest BCUT2D eigenvalue weighted by atomic mass is 10.1. The van der Waals surface area contributed by atoms with Gasteiger partial charge in [-0.2, -0.15) is 12.6 Å². The Balaban J connectivity index is 3.81. The molecule has 0 amide bonds. The fourth-order valence-electron chi connectivity index (χ4n) is 1.24. The lowest BCUT2D eigenvalue weighted by Crippen LogP contribution is -2.30. The third kappa shape index (κ3) is 6.17. The summed E-state index contributed by atoms with van der Waals surface area (Å²) in [4.78, 5) is 2.44. The molecule has 0 N–H and O–H groups in total. The van der Waals surface area contributed by atoms with Gasteiger partial charge in [0.05, 0.1) is 0 Å². The Morgan fingerprint density at radius 2 is 2.08 bits per heavy atom. The third-order valence-electron chi connectivity index (χ3n) is 2.38. The van der Waals surface area contributed by atoms with Gasteiger partial charge in [0.1, 0.15) is 0 Å². The standard InChI is InChI=1S/C11H23NS/c1-5-10(3)7-12(6-2)8-11(4)9-13/h10,13H,4-9H2,1-3H3. The monoisotopic (exact) mass is 201 g/mol. The second kappa shape index (κ2) is 7.45. The van der Waals surface area contributed by atoms with Crippen LogP contribution in [0, 0.1) is 5.92 Å². The molecular formula is C11H23NS. The van der Waals surface area contributed by atoms with Crippen molar-refractivity contribution in [3.63, 3.8) is 0 Å². The Morgan fingerprint density at radius 1 is 1.46 bits per heavy atom. The third-order valence-corrected chi connectivity index (χ3v) is 2.83. The van der Waals surface area contributed by atoms with Crippen molar-refractivity contribution < 1.29 is 0 Å². The van der Waals surface area contributed by atoms with Gasteiger partial charge in [0.25, 0.3) is 0 Å². The molecule has 0 rings (SSSR count). The van der Waals surface area contributed by atoms with Crippen LogP contribution in [0.3, 0.4) is 0 Å². The summed E-state index contributed by atoms with van der Waals surface area (Å²) in [6.45, 7) is 14.0. The molecule has 78 valence electrons. The molecule has 13 heavy (non-hydrogen) atoms. The molecule has 0 aliphatic rings. The van der Waals surface area contributed by atoms with Gasteiger partial charge < -0.3 is 0 Å². The lowest BCUT2D eigenvalue weighted by Gasteiger charge is -2.24. The molecule has 0 bridgehead atoms. The zero-order valence-electron chi connectivity index (χ0n) is 9.21. The van der Waals surface area contributed by atoms with E-state index >= 15 is 0 Å². The number of likely N-dealkylation sites (N-methyl/N-ethyl adjacent to an activating group) is 1. The van der Waals surface area contributed by atoms with Gasteiger partial charge in [-0.05, 0) is 12.5 Å². The zero-order valence-corrected chi connectivity index (χ0v) is 10.1. The minimum Gasteiger partial charge on any atom is -0.299 e. The van der Waals surface area contributed by atoms with Gasteiger partial charge in [0, 0.05) is 18.8 Å². The van der Waals surface area contributed by atoms with Crippen LogP contribution in [-0.2, 0) is 0 Å². The van der Waals surface area contributed by atoms with Crippen molar-refractivity contribution in [3.05, 3.63) is 12.2 Å². The summed E-state index contributed by atoms with van der Waals surface area (Å²) in [6, 6.07) is 0. The maximum absolute atomic E-state index is 4.22. The molecule has 0 aliphatic heterocycles. The second-order valence-electron chi connectivity index (χ2n) is 3.75. The smallest absolute Gasteiger partial charge is 0.0198 e. The van der Waals surface area contributed by atoms with E-state index in [-0.39, 0.29) is 0 Å². The van der Waals surface area contributed by atoms with Crippen molar-refractivity contribution in [1.29, 1.82) is 0 Å². The molecule has 0 fully saturated rings. The van der Waals surface area contributed by atoms with Crippen molar-refractivity contribution in [3.8, 4) is 0 Å². The first-order valence-corrected chi connectivity index (χ1v) is 5.77. The summed E-state index contributed by atoms with van der Waals surface area (Å²) in [7, 11) is 0. The highest BCUT2D eigenvalue weighted by molar-refractivity contribution is 7.80. The number of hydrogen-bond acceptors (Lipinski definition) is 2. The van der Waals surface area contributed by atoms with E-state index in [0.717, 1.165) is 24.8 Å². The SMILES string of the molecule is C=C(CS)CN(CC)CC(C)CC. The molecule has 2 heteroatoms. The molecular weight excluding hydrogens is 178 g/mol. The maximum atomic E-state index is 4.22. The quantitative estimate of drug-likeness (QED) is 0.490. The molecule has 0 radical (unpaired) electrons. The molecule has 0 aromatic heterocycles. The van der Waals surface area contributed by atoms with E-state index < -0.39 is 0 Å². The van der Waals surface area contributed by atoms with Gasteiger partial charge in [0.15, 0.2) is 0 Å². The number of nitrogens with zero attached hydrogens (tertiary/aromatic N) is 1. The minimum atomic E-state index is 0.785. The average Bonchev–Trinajstić information content (AvgIpc) is 2.16. The van der Waals surface area contributed by atoms with Crippen molar-refractivity contribution in [2.24, 2.45) is 5.92 Å². The predicted octanol–water partition coefficient (Wildman–Crippen LogP) is 2.84. The summed E-state index contributed by atoms with van der Waals surface area (Å²) in [5.41, 5.74) is 1.22. The fraction of sp³-hybridized carbons (Fsp3) is 0.818. The van der Waals surface area contributed by atoms with Crippen LogP contribution in [0.4, 0.5) is 0 Å². The van der Waals surface area contributed by atoms with Crippen LogP contribution in [0.25, 0.3) is 0 Å². The van der Waals surface area contributed by atoms with Crippen LogP contribution in [0.5, 0.6) is 0 Å². The van der Waals surface area contributed by atoms with E-state index in [4.69, 9.17) is 0 Å². The van der Waals surface area contributed by atoms with Crippen LogP contribution >= 0.6 is 12.6 Å². The minimum absolute atomic E-state index is 0.785. The zero-order chi connectivity index (χ0) is 10.3. The van der Waals surface area contributed by atoms with Crippen LogP contribution in [0.1, 0.15) is 27.2 Å². The van der Waals surface area contributed by atoms with Crippen LogP contribution in [-0.4, -0.2) is 30.3 Å². The summed E-state index contributed by atoms with van der Waals surface area (Å²) in [5, 5.41) is 0. The van der Waals surface area contributed by atoms with E-state index in [1.165, 1.54) is 18.5 Å². The summed E-state index contributed by atoms with van der Waals surface area (Å²) >= 11 is 4.22. The van der Waals surface area contributed by atoms with Crippen LogP contribution in [0.15, 0.2) is 12.2 Å². The second-order valence-corrected chi connectivity index (χ2v) is 4.07. The molecule has 0 saturated heterocycles. The summed E-state index contributed by atoms with van der Waals surface area (Å²) in [5.74, 6) is 1.59. The topological polar surface area (TPSA) is 3.24 Å². The largest absolute Gasteiger partial charge is 0.299 e. The van der Waals surface area contributed by atoms with E-state index in [2.05, 4.69) is 44.9 Å². The molecule has 0 aromatic rings. The fourth-order valence-corrected chi connectivity index (χ4v) is 1.34. The summed E-state index contributed by atoms with van der Waals surface area (Å²) in [6.07, 6.45) is 1.25. The van der Waals surface area contributed by atoms with Gasteiger partial charge in [-0.3, -0.25) is 4.90 Å². The Kier molecular flexibility index (Phi) is 7.48. The molecule has 0 aromatic carbocycles. The molecule has 1 unspecified atom stereocenters. The molecule has 0 aliphatic carbocycles. The maximum Gasteiger partial charge on any atom is 0.0198 e. The first kappa shape index (κ1) is 13.1. The van der Waals surface area contributed by atoms with Crippen LogP contribution < -0.4 is 0 Å². The average molecular weight is 201 g/mol.